The topological polar surface area (TPSA) is 82.2 Å². The van der Waals surface area contributed by atoms with Gasteiger partial charge in [0, 0.05) is 56.1 Å². The number of nitrogens with one attached hydrogen (secondary N) is 1. The number of rotatable bonds is 6. The predicted octanol–water partition coefficient (Wildman–Crippen LogP) is 3.09. The molecule has 0 atom stereocenters. The first-order chi connectivity index (χ1) is 17.3. The van der Waals surface area contributed by atoms with Crippen molar-refractivity contribution in [2.24, 2.45) is 5.92 Å². The lowest BCUT2D eigenvalue weighted by Crippen LogP contribution is -2.45. The molecule has 0 aliphatic carbocycles. The number of nitrogens with zero attached hydrogens (tertiary/aromatic N) is 3. The maximum Gasteiger partial charge on any atom is 0.253 e. The van der Waals surface area contributed by atoms with Crippen molar-refractivity contribution in [2.45, 2.75) is 26.7 Å². The summed E-state index contributed by atoms with van der Waals surface area (Å²) in [4.78, 5) is 44.0. The van der Waals surface area contributed by atoms with Gasteiger partial charge >= 0.3 is 0 Å². The Balaban J connectivity index is 1.24. The molecule has 2 saturated heterocycles. The normalized spacial score (nSPS) is 16.5. The number of hydrogen-bond acceptors (Lipinski definition) is 5. The molecular weight excluding hydrogens is 456 g/mol. The molecule has 0 aromatic heterocycles. The first-order valence-electron chi connectivity index (χ1n) is 12.7. The van der Waals surface area contributed by atoms with Crippen LogP contribution in [0.15, 0.2) is 42.5 Å². The number of likely N-dealkylation sites (N-methyl/N-ethyl adjacent to an activating group) is 1. The summed E-state index contributed by atoms with van der Waals surface area (Å²) in [6.45, 7) is 8.24. The maximum atomic E-state index is 13.0. The van der Waals surface area contributed by atoms with Gasteiger partial charge in [0.1, 0.15) is 0 Å². The van der Waals surface area contributed by atoms with Crippen LogP contribution in [0.5, 0.6) is 0 Å². The minimum absolute atomic E-state index is 0.000391. The Labute approximate surface area is 213 Å². The van der Waals surface area contributed by atoms with Crippen LogP contribution in [-0.2, 0) is 14.3 Å². The first-order valence-corrected chi connectivity index (χ1v) is 12.7. The molecular formula is C28H36N4O4. The molecule has 2 heterocycles. The Kier molecular flexibility index (Phi) is 8.25. The van der Waals surface area contributed by atoms with E-state index in [2.05, 4.69) is 10.2 Å². The van der Waals surface area contributed by atoms with Crippen LogP contribution in [0.2, 0.25) is 0 Å². The second-order valence-electron chi connectivity index (χ2n) is 9.75. The average Bonchev–Trinajstić information content (AvgIpc) is 2.90. The van der Waals surface area contributed by atoms with Gasteiger partial charge < -0.3 is 24.8 Å². The lowest BCUT2D eigenvalue weighted by Gasteiger charge is -2.33. The Hall–Kier alpha value is -3.39. The predicted molar refractivity (Wildman–Crippen MR) is 140 cm³/mol. The quantitative estimate of drug-likeness (QED) is 0.670. The third-order valence-corrected chi connectivity index (χ3v) is 7.17. The van der Waals surface area contributed by atoms with Crippen molar-refractivity contribution in [1.82, 2.24) is 9.80 Å². The monoisotopic (exact) mass is 492 g/mol. The van der Waals surface area contributed by atoms with Crippen molar-refractivity contribution in [2.75, 3.05) is 63.2 Å². The van der Waals surface area contributed by atoms with E-state index >= 15 is 0 Å². The van der Waals surface area contributed by atoms with Crippen LogP contribution in [0.25, 0.3) is 0 Å². The number of aryl methyl sites for hydroxylation is 2. The van der Waals surface area contributed by atoms with E-state index in [1.54, 1.807) is 7.05 Å². The number of carbonyl (C=O) groups is 3. The summed E-state index contributed by atoms with van der Waals surface area (Å²) >= 11 is 0. The van der Waals surface area contributed by atoms with Crippen molar-refractivity contribution < 1.29 is 19.1 Å². The molecule has 0 bridgehead atoms. The molecule has 2 aliphatic heterocycles. The smallest absolute Gasteiger partial charge is 0.253 e. The van der Waals surface area contributed by atoms with Crippen molar-refractivity contribution in [3.8, 4) is 0 Å². The zero-order valence-corrected chi connectivity index (χ0v) is 21.5. The molecule has 3 amide bonds. The summed E-state index contributed by atoms with van der Waals surface area (Å²) < 4.78 is 5.40. The van der Waals surface area contributed by atoms with Crippen molar-refractivity contribution >= 4 is 29.1 Å². The molecule has 2 fully saturated rings. The lowest BCUT2D eigenvalue weighted by molar-refractivity contribution is -0.138. The molecule has 8 heteroatoms. The van der Waals surface area contributed by atoms with Crippen molar-refractivity contribution in [1.29, 1.82) is 0 Å². The Morgan fingerprint density at radius 3 is 2.25 bits per heavy atom. The van der Waals surface area contributed by atoms with E-state index in [9.17, 15) is 14.4 Å². The van der Waals surface area contributed by atoms with E-state index in [1.807, 2.05) is 61.2 Å². The number of anilines is 2. The molecule has 0 saturated carbocycles. The minimum Gasteiger partial charge on any atom is -0.378 e. The summed E-state index contributed by atoms with van der Waals surface area (Å²) in [5, 5.41) is 2.87. The van der Waals surface area contributed by atoms with Gasteiger partial charge in [-0.15, -0.1) is 0 Å². The fraction of sp³-hybridized carbons (Fsp3) is 0.464. The zero-order valence-electron chi connectivity index (χ0n) is 21.5. The number of amides is 3. The van der Waals surface area contributed by atoms with Crippen molar-refractivity contribution in [3.05, 3.63) is 59.2 Å². The fourth-order valence-electron chi connectivity index (χ4n) is 4.77. The summed E-state index contributed by atoms with van der Waals surface area (Å²) in [6.07, 6.45) is 1.19. The van der Waals surface area contributed by atoms with E-state index in [0.717, 1.165) is 48.8 Å². The molecule has 0 spiro atoms. The van der Waals surface area contributed by atoms with Gasteiger partial charge in [0.15, 0.2) is 0 Å². The van der Waals surface area contributed by atoms with E-state index < -0.39 is 0 Å². The Morgan fingerprint density at radius 1 is 0.944 bits per heavy atom. The van der Waals surface area contributed by atoms with E-state index in [1.165, 1.54) is 4.90 Å². The van der Waals surface area contributed by atoms with Gasteiger partial charge in [-0.3, -0.25) is 14.4 Å². The van der Waals surface area contributed by atoms with Gasteiger partial charge in [-0.05, 0) is 74.2 Å². The third kappa shape index (κ3) is 6.23. The van der Waals surface area contributed by atoms with Crippen LogP contribution < -0.4 is 10.2 Å². The van der Waals surface area contributed by atoms with Gasteiger partial charge in [-0.1, -0.05) is 6.07 Å². The number of ether oxygens (including phenoxy) is 1. The van der Waals surface area contributed by atoms with Gasteiger partial charge in [0.05, 0.1) is 19.8 Å². The number of hydrogen-bond donors (Lipinski definition) is 1. The summed E-state index contributed by atoms with van der Waals surface area (Å²) in [6, 6.07) is 13.5. The van der Waals surface area contributed by atoms with Crippen LogP contribution in [0, 0.1) is 19.8 Å². The molecule has 8 nitrogen and oxygen atoms in total. The van der Waals surface area contributed by atoms with E-state index in [0.29, 0.717) is 31.5 Å². The van der Waals surface area contributed by atoms with Crippen molar-refractivity contribution in [3.63, 3.8) is 0 Å². The lowest BCUT2D eigenvalue weighted by atomic mass is 9.95. The number of piperidine rings is 1. The molecule has 192 valence electrons. The maximum absolute atomic E-state index is 13.0. The zero-order chi connectivity index (χ0) is 25.7. The van der Waals surface area contributed by atoms with Crippen LogP contribution in [-0.4, -0.2) is 80.5 Å². The van der Waals surface area contributed by atoms with Gasteiger partial charge in [0.2, 0.25) is 11.8 Å². The van der Waals surface area contributed by atoms with E-state index in [4.69, 9.17) is 4.74 Å². The minimum atomic E-state index is -0.220. The number of benzene rings is 2. The molecule has 0 unspecified atom stereocenters. The number of likely N-dealkylation sites (tertiary alicyclic amines) is 1. The summed E-state index contributed by atoms with van der Waals surface area (Å²) in [5.41, 5.74) is 4.76. The van der Waals surface area contributed by atoms with Gasteiger partial charge in [0.25, 0.3) is 5.91 Å². The van der Waals surface area contributed by atoms with Gasteiger partial charge in [-0.25, -0.2) is 0 Å². The first kappa shape index (κ1) is 25.7. The number of morpholine rings is 1. The largest absolute Gasteiger partial charge is 0.378 e. The van der Waals surface area contributed by atoms with Crippen LogP contribution in [0.4, 0.5) is 11.4 Å². The molecule has 2 aromatic rings. The van der Waals surface area contributed by atoms with Crippen LogP contribution >= 0.6 is 0 Å². The Morgan fingerprint density at radius 2 is 1.61 bits per heavy atom. The SMILES string of the molecule is Cc1ccc(NC(=O)CN(C)C(=O)C2CCN(C(=O)c3ccc(N4CCOCC4)cc3)CC2)cc1C. The highest BCUT2D eigenvalue weighted by Gasteiger charge is 2.30. The molecule has 2 aliphatic rings. The van der Waals surface area contributed by atoms with Crippen LogP contribution in [0.3, 0.4) is 0 Å². The molecule has 36 heavy (non-hydrogen) atoms. The standard InChI is InChI=1S/C28H36N4O4/c1-20-4-7-24(18-21(20)2)29-26(33)19-30(3)27(34)23-10-12-32(13-11-23)28(35)22-5-8-25(9-6-22)31-14-16-36-17-15-31/h4-9,18,23H,10-17,19H2,1-3H3,(H,29,33). The highest BCUT2D eigenvalue weighted by atomic mass is 16.5. The highest BCUT2D eigenvalue weighted by Crippen LogP contribution is 2.23. The second-order valence-corrected chi connectivity index (χ2v) is 9.75. The summed E-state index contributed by atoms with van der Waals surface area (Å²) in [7, 11) is 1.66. The molecule has 4 rings (SSSR count). The third-order valence-electron chi connectivity index (χ3n) is 7.17. The molecule has 1 N–H and O–H groups in total. The highest BCUT2D eigenvalue weighted by molar-refractivity contribution is 5.96. The Bertz CT molecular complexity index is 1090. The average molecular weight is 493 g/mol. The van der Waals surface area contributed by atoms with Gasteiger partial charge in [-0.2, -0.15) is 0 Å². The van der Waals surface area contributed by atoms with E-state index in [-0.39, 0.29) is 30.2 Å². The van der Waals surface area contributed by atoms with Crippen LogP contribution in [0.1, 0.15) is 34.3 Å². The fourth-order valence-corrected chi connectivity index (χ4v) is 4.77. The molecule has 2 aromatic carbocycles. The summed E-state index contributed by atoms with van der Waals surface area (Å²) in [5.74, 6) is -0.456. The number of carbonyl (C=O) groups excluding carboxylic acids is 3. The molecule has 0 radical (unpaired) electrons. The second kappa shape index (κ2) is 11.6.